The Labute approximate surface area is 202 Å². The lowest BCUT2D eigenvalue weighted by atomic mass is 9.56. The molecule has 0 radical (unpaired) electrons. The lowest BCUT2D eigenvalue weighted by Gasteiger charge is -2.55. The van der Waals surface area contributed by atoms with E-state index in [0.29, 0.717) is 12.8 Å². The molecule has 33 heavy (non-hydrogen) atoms. The Balaban J connectivity index is 0. The van der Waals surface area contributed by atoms with E-state index in [1.54, 1.807) is 83.1 Å². The highest BCUT2D eigenvalue weighted by Crippen LogP contribution is 2.50. The molecule has 0 aliphatic heterocycles. The van der Waals surface area contributed by atoms with Crippen LogP contribution in [0.25, 0.3) is 0 Å². The molecule has 0 aliphatic carbocycles. The van der Waals surface area contributed by atoms with E-state index < -0.39 is 50.5 Å². The van der Waals surface area contributed by atoms with Gasteiger partial charge in [-0.1, -0.05) is 6.92 Å². The van der Waals surface area contributed by atoms with Crippen molar-refractivity contribution in [1.82, 2.24) is 0 Å². The van der Waals surface area contributed by atoms with Gasteiger partial charge in [-0.15, -0.1) is 0 Å². The maximum absolute atomic E-state index is 10.4. The van der Waals surface area contributed by atoms with Gasteiger partial charge in [-0.2, -0.15) is 0 Å². The molecule has 0 aromatic carbocycles. The molecule has 0 bridgehead atoms. The van der Waals surface area contributed by atoms with E-state index in [-0.39, 0.29) is 6.42 Å². The van der Waals surface area contributed by atoms with Gasteiger partial charge in [0.1, 0.15) is 0 Å². The average Bonchev–Trinajstić information content (AvgIpc) is 2.43. The first kappa shape index (κ1) is 34.9. The first-order chi connectivity index (χ1) is 13.9. The molecular weight excluding hydrogens is 424 g/mol. The summed E-state index contributed by atoms with van der Waals surface area (Å²) in [5.41, 5.74) is -8.76. The second-order valence-electron chi connectivity index (χ2n) is 13.3. The van der Waals surface area contributed by atoms with Crippen LogP contribution in [-0.2, 0) is 0 Å². The van der Waals surface area contributed by atoms with Crippen molar-refractivity contribution >= 4 is 0 Å². The standard InChI is InChI=1S/C13H28O4.C13H28O3/c1-9(14)13(11(4,5)16,12(6,7)17)8-10(2,3)15;1-8-13(11(4,5)15,12(6,7)16)9-10(2,3)14/h9,14-17H,8H2,1-7H3;14-16H,8-9H2,1-7H3. The molecule has 0 spiro atoms. The fourth-order valence-electron chi connectivity index (χ4n) is 5.94. The van der Waals surface area contributed by atoms with E-state index in [1.165, 1.54) is 6.92 Å². The Hall–Kier alpha value is -0.280. The molecule has 1 atom stereocenters. The molecule has 0 aromatic rings. The minimum atomic E-state index is -1.33. The van der Waals surface area contributed by atoms with Gasteiger partial charge in [-0.25, -0.2) is 0 Å². The molecule has 7 N–H and O–H groups in total. The predicted molar refractivity (Wildman–Crippen MR) is 134 cm³/mol. The summed E-state index contributed by atoms with van der Waals surface area (Å²) in [7, 11) is 0. The molecule has 0 fully saturated rings. The van der Waals surface area contributed by atoms with Crippen LogP contribution in [0.3, 0.4) is 0 Å². The Morgan fingerprint density at radius 2 is 0.788 bits per heavy atom. The van der Waals surface area contributed by atoms with Gasteiger partial charge in [0.05, 0.1) is 45.1 Å². The summed E-state index contributed by atoms with van der Waals surface area (Å²) in [6.45, 7) is 23.0. The smallest absolute Gasteiger partial charge is 0.0700 e. The predicted octanol–water partition coefficient (Wildman–Crippen LogP) is 3.14. The zero-order valence-electron chi connectivity index (χ0n) is 23.8. The number of hydrogen-bond donors (Lipinski definition) is 7. The third-order valence-electron chi connectivity index (χ3n) is 7.29. The van der Waals surface area contributed by atoms with Crippen LogP contribution in [0.2, 0.25) is 0 Å². The van der Waals surface area contributed by atoms with Crippen molar-refractivity contribution in [3.63, 3.8) is 0 Å². The number of aliphatic hydroxyl groups excluding tert-OH is 1. The lowest BCUT2D eigenvalue weighted by Crippen LogP contribution is -2.64. The molecule has 0 aromatic heterocycles. The molecule has 1 unspecified atom stereocenters. The average molecular weight is 481 g/mol. The highest BCUT2D eigenvalue weighted by Gasteiger charge is 2.59. The van der Waals surface area contributed by atoms with Crippen molar-refractivity contribution in [2.75, 3.05) is 0 Å². The molecular formula is C26H56O7. The van der Waals surface area contributed by atoms with Crippen LogP contribution in [0.15, 0.2) is 0 Å². The van der Waals surface area contributed by atoms with Crippen molar-refractivity contribution in [3.05, 3.63) is 0 Å². The lowest BCUT2D eigenvalue weighted by molar-refractivity contribution is -0.232. The Bertz CT molecular complexity index is 555. The summed E-state index contributed by atoms with van der Waals surface area (Å²) in [6, 6.07) is 0. The van der Waals surface area contributed by atoms with Crippen molar-refractivity contribution < 1.29 is 35.7 Å². The molecule has 7 nitrogen and oxygen atoms in total. The highest BCUT2D eigenvalue weighted by molar-refractivity contribution is 5.08. The Morgan fingerprint density at radius 1 is 0.515 bits per heavy atom. The number of aliphatic hydroxyl groups is 7. The van der Waals surface area contributed by atoms with Crippen LogP contribution in [-0.4, -0.2) is 75.5 Å². The largest absolute Gasteiger partial charge is 0.393 e. The van der Waals surface area contributed by atoms with E-state index in [9.17, 15) is 35.7 Å². The zero-order valence-corrected chi connectivity index (χ0v) is 23.8. The summed E-state index contributed by atoms with van der Waals surface area (Å²) >= 11 is 0. The zero-order chi connectivity index (χ0) is 27.7. The van der Waals surface area contributed by atoms with Crippen molar-refractivity contribution in [2.24, 2.45) is 10.8 Å². The minimum absolute atomic E-state index is 0.0880. The van der Waals surface area contributed by atoms with Gasteiger partial charge in [-0.05, 0) is 109 Å². The fourth-order valence-corrected chi connectivity index (χ4v) is 5.94. The quantitative estimate of drug-likeness (QED) is 0.255. The van der Waals surface area contributed by atoms with E-state index in [4.69, 9.17) is 0 Å². The minimum Gasteiger partial charge on any atom is -0.393 e. The van der Waals surface area contributed by atoms with Gasteiger partial charge in [0.15, 0.2) is 0 Å². The fraction of sp³-hybridized carbons (Fsp3) is 1.00. The van der Waals surface area contributed by atoms with Crippen molar-refractivity contribution in [1.29, 1.82) is 0 Å². The van der Waals surface area contributed by atoms with Crippen LogP contribution in [0.4, 0.5) is 0 Å². The van der Waals surface area contributed by atoms with Crippen LogP contribution >= 0.6 is 0 Å². The van der Waals surface area contributed by atoms with Gasteiger partial charge >= 0.3 is 0 Å². The first-order valence-corrected chi connectivity index (χ1v) is 11.9. The van der Waals surface area contributed by atoms with Crippen LogP contribution in [0, 0.1) is 10.8 Å². The van der Waals surface area contributed by atoms with Gasteiger partial charge in [0, 0.05) is 5.41 Å². The molecule has 0 saturated heterocycles. The summed E-state index contributed by atoms with van der Waals surface area (Å²) in [6.07, 6.45) is 0.0759. The highest BCUT2D eigenvalue weighted by atomic mass is 16.3. The van der Waals surface area contributed by atoms with E-state index >= 15 is 0 Å². The van der Waals surface area contributed by atoms with Gasteiger partial charge in [-0.3, -0.25) is 0 Å². The van der Waals surface area contributed by atoms with Crippen LogP contribution in [0.5, 0.6) is 0 Å². The van der Waals surface area contributed by atoms with E-state index in [0.717, 1.165) is 0 Å². The van der Waals surface area contributed by atoms with E-state index in [2.05, 4.69) is 0 Å². The van der Waals surface area contributed by atoms with Gasteiger partial charge < -0.3 is 35.7 Å². The Morgan fingerprint density at radius 3 is 0.848 bits per heavy atom. The van der Waals surface area contributed by atoms with Crippen LogP contribution in [0.1, 0.15) is 116 Å². The van der Waals surface area contributed by atoms with E-state index in [1.807, 2.05) is 6.92 Å². The summed E-state index contributed by atoms with van der Waals surface area (Å²) < 4.78 is 0. The summed E-state index contributed by atoms with van der Waals surface area (Å²) in [5, 5.41) is 71.5. The second-order valence-corrected chi connectivity index (χ2v) is 13.3. The third-order valence-corrected chi connectivity index (χ3v) is 7.29. The summed E-state index contributed by atoms with van der Waals surface area (Å²) in [4.78, 5) is 0. The van der Waals surface area contributed by atoms with Crippen molar-refractivity contribution in [3.8, 4) is 0 Å². The number of rotatable bonds is 10. The monoisotopic (exact) mass is 480 g/mol. The van der Waals surface area contributed by atoms with Crippen LogP contribution < -0.4 is 0 Å². The summed E-state index contributed by atoms with van der Waals surface area (Å²) in [5.74, 6) is 0. The molecule has 0 rings (SSSR count). The molecule has 0 heterocycles. The van der Waals surface area contributed by atoms with Gasteiger partial charge in [0.2, 0.25) is 0 Å². The topological polar surface area (TPSA) is 142 Å². The maximum atomic E-state index is 10.4. The normalized spacial score (nSPS) is 16.3. The second kappa shape index (κ2) is 10.4. The maximum Gasteiger partial charge on any atom is 0.0700 e. The van der Waals surface area contributed by atoms with Gasteiger partial charge in [0.25, 0.3) is 0 Å². The third kappa shape index (κ3) is 8.71. The SMILES string of the molecule is CC(O)C(CC(C)(C)O)(C(C)(C)O)C(C)(C)O.CCC(CC(C)(C)O)(C(C)(C)O)C(C)(C)O. The Kier molecular flexibility index (Phi) is 11.0. The molecule has 0 saturated carbocycles. The molecule has 7 heteroatoms. The number of hydrogen-bond acceptors (Lipinski definition) is 7. The van der Waals surface area contributed by atoms with Crippen molar-refractivity contribution in [2.45, 2.75) is 156 Å². The molecule has 202 valence electrons. The molecule has 0 amide bonds. The molecule has 0 aliphatic rings. The first-order valence-electron chi connectivity index (χ1n) is 11.9.